The van der Waals surface area contributed by atoms with Gasteiger partial charge in [-0.2, -0.15) is 0 Å². The van der Waals surface area contributed by atoms with Crippen molar-refractivity contribution in [3.8, 4) is 39.1 Å². The van der Waals surface area contributed by atoms with Crippen LogP contribution in [0.25, 0.3) is 87.6 Å². The summed E-state index contributed by atoms with van der Waals surface area (Å²) in [4.78, 5) is 4.94. The fourth-order valence-corrected chi connectivity index (χ4v) is 14.9. The molecule has 4 nitrogen and oxygen atoms in total. The number of nitrogens with zero attached hydrogens (tertiary/aromatic N) is 2. The third kappa shape index (κ3) is 8.63. The van der Waals surface area contributed by atoms with Crippen molar-refractivity contribution >= 4 is 88.4 Å². The van der Waals surface area contributed by atoms with Crippen molar-refractivity contribution in [2.24, 2.45) is 0 Å². The van der Waals surface area contributed by atoms with Crippen molar-refractivity contribution in [2.45, 2.75) is 104 Å². The molecule has 0 aliphatic heterocycles. The van der Waals surface area contributed by atoms with E-state index in [1.807, 2.05) is 0 Å². The molecular formula is C80H70N2O2. The molecule has 1 N–H and O–H groups in total. The number of hydrogen-bond donors (Lipinski definition) is 1. The molecule has 0 saturated heterocycles. The Bertz CT molecular complexity index is 4670. The van der Waals surface area contributed by atoms with E-state index in [4.69, 9.17) is 4.42 Å². The first-order chi connectivity index (χ1) is 41.2. The Balaban J connectivity index is 1.02. The van der Waals surface area contributed by atoms with E-state index in [0.717, 1.165) is 116 Å². The largest absolute Gasteiger partial charge is 0.505 e. The molecule has 0 radical (unpaired) electrons. The number of phenols is 1. The van der Waals surface area contributed by atoms with Crippen LogP contribution in [0.15, 0.2) is 211 Å². The summed E-state index contributed by atoms with van der Waals surface area (Å²) >= 11 is 0. The molecule has 2 fully saturated rings. The first-order valence-electron chi connectivity index (χ1n) is 30.7. The van der Waals surface area contributed by atoms with Crippen LogP contribution < -0.4 is 9.80 Å². The molecule has 12 aromatic carbocycles. The van der Waals surface area contributed by atoms with Gasteiger partial charge in [0.2, 0.25) is 0 Å². The summed E-state index contributed by atoms with van der Waals surface area (Å²) in [6.07, 6.45) is 10.4. The lowest BCUT2D eigenvalue weighted by Crippen LogP contribution is -2.15. The fourth-order valence-electron chi connectivity index (χ4n) is 14.9. The van der Waals surface area contributed by atoms with Crippen LogP contribution in [0, 0.1) is 27.7 Å². The third-order valence-electron chi connectivity index (χ3n) is 19.1. The number of hydrogen-bond acceptors (Lipinski definition) is 4. The average Bonchev–Trinajstić information content (AvgIpc) is 0.965. The molecule has 0 spiro atoms. The zero-order chi connectivity index (χ0) is 56.7. The van der Waals surface area contributed by atoms with Crippen LogP contribution in [0.4, 0.5) is 34.1 Å². The predicted octanol–water partition coefficient (Wildman–Crippen LogP) is 23.2. The summed E-state index contributed by atoms with van der Waals surface area (Å²) in [7, 11) is 0. The Kier molecular flexibility index (Phi) is 12.9. The van der Waals surface area contributed by atoms with Crippen LogP contribution in [0.3, 0.4) is 0 Å². The molecule has 2 aliphatic rings. The van der Waals surface area contributed by atoms with E-state index >= 15 is 0 Å². The van der Waals surface area contributed by atoms with Crippen molar-refractivity contribution in [1.29, 1.82) is 0 Å². The summed E-state index contributed by atoms with van der Waals surface area (Å²) in [6.45, 7) is 11.0. The normalized spacial score (nSPS) is 14.1. The lowest BCUT2D eigenvalue weighted by atomic mass is 9.82. The second kappa shape index (κ2) is 20.9. The van der Waals surface area contributed by atoms with Gasteiger partial charge < -0.3 is 19.3 Å². The van der Waals surface area contributed by atoms with Crippen molar-refractivity contribution in [1.82, 2.24) is 0 Å². The van der Waals surface area contributed by atoms with Gasteiger partial charge in [0, 0.05) is 44.0 Å². The van der Waals surface area contributed by atoms with Gasteiger partial charge in [0.1, 0.15) is 11.3 Å². The minimum absolute atomic E-state index is 0.265. The van der Waals surface area contributed by atoms with Gasteiger partial charge in [-0.3, -0.25) is 0 Å². The first-order valence-corrected chi connectivity index (χ1v) is 30.7. The molecule has 84 heavy (non-hydrogen) atoms. The van der Waals surface area contributed by atoms with Gasteiger partial charge in [0.25, 0.3) is 0 Å². The van der Waals surface area contributed by atoms with Crippen LogP contribution in [-0.4, -0.2) is 5.11 Å². The summed E-state index contributed by atoms with van der Waals surface area (Å²) in [5.41, 5.74) is 23.3. The molecular weight excluding hydrogens is 1020 g/mol. The van der Waals surface area contributed by atoms with Gasteiger partial charge in [-0.15, -0.1) is 0 Å². The van der Waals surface area contributed by atoms with Crippen molar-refractivity contribution in [2.75, 3.05) is 9.80 Å². The Morgan fingerprint density at radius 1 is 0.393 bits per heavy atom. The number of aromatic hydroxyl groups is 1. The van der Waals surface area contributed by atoms with E-state index < -0.39 is 0 Å². The molecule has 1 heterocycles. The highest BCUT2D eigenvalue weighted by atomic mass is 16.3. The SMILES string of the molecule is CCc1cc(C)ccc1N(c1cccc(-c2cccc(-c3cc(C)ccc3C)c2)c1O)c1cc(C2CCCC2)c2ccc3c(N(c4ccc(C)cc4)c4cccc5c4oc4c(-c6ccccc6)cccc45)cc(C4CCCC4)c4ccc1c2c43. The Morgan fingerprint density at radius 2 is 0.929 bits per heavy atom. The molecule has 412 valence electrons. The van der Waals surface area contributed by atoms with Gasteiger partial charge in [0.05, 0.1) is 22.7 Å². The molecule has 13 aromatic rings. The predicted molar refractivity (Wildman–Crippen MR) is 356 cm³/mol. The molecule has 15 rings (SSSR count). The van der Waals surface area contributed by atoms with Crippen LogP contribution in [0.1, 0.15) is 109 Å². The number of anilines is 6. The molecule has 0 amide bonds. The average molecular weight is 1090 g/mol. The molecule has 0 unspecified atom stereocenters. The zero-order valence-corrected chi connectivity index (χ0v) is 48.9. The Hall–Kier alpha value is -9.12. The Labute approximate surface area is 493 Å². The maximum atomic E-state index is 13.3. The molecule has 2 saturated carbocycles. The lowest BCUT2D eigenvalue weighted by molar-refractivity contribution is 0.478. The third-order valence-corrected chi connectivity index (χ3v) is 19.1. The number of furan rings is 1. The van der Waals surface area contributed by atoms with E-state index in [1.54, 1.807) is 0 Å². The van der Waals surface area contributed by atoms with Gasteiger partial charge in [-0.25, -0.2) is 0 Å². The molecule has 2 aliphatic carbocycles. The molecule has 0 atom stereocenters. The quantitative estimate of drug-likeness (QED) is 0.124. The topological polar surface area (TPSA) is 39.9 Å². The van der Waals surface area contributed by atoms with Crippen molar-refractivity contribution < 1.29 is 9.52 Å². The van der Waals surface area contributed by atoms with Crippen LogP contribution in [0.5, 0.6) is 5.75 Å². The highest BCUT2D eigenvalue weighted by molar-refractivity contribution is 6.30. The number of benzene rings is 12. The smallest absolute Gasteiger partial charge is 0.159 e. The first kappa shape index (κ1) is 51.7. The van der Waals surface area contributed by atoms with Crippen LogP contribution >= 0.6 is 0 Å². The molecule has 4 heteroatoms. The molecule has 1 aromatic heterocycles. The van der Waals surface area contributed by atoms with E-state index in [-0.39, 0.29) is 5.75 Å². The number of fused-ring (bicyclic) bond motifs is 3. The number of rotatable bonds is 12. The van der Waals surface area contributed by atoms with E-state index in [9.17, 15) is 5.11 Å². The maximum Gasteiger partial charge on any atom is 0.159 e. The number of aryl methyl sites for hydroxylation is 5. The highest BCUT2D eigenvalue weighted by Crippen LogP contribution is 2.56. The van der Waals surface area contributed by atoms with Crippen LogP contribution in [-0.2, 0) is 6.42 Å². The number of phenolic OH excluding ortho intramolecular Hbond substituents is 1. The van der Waals surface area contributed by atoms with Gasteiger partial charge in [-0.05, 0) is 186 Å². The fraction of sp³-hybridized carbons (Fsp3) is 0.200. The van der Waals surface area contributed by atoms with E-state index in [1.165, 1.54) is 103 Å². The summed E-state index contributed by atoms with van der Waals surface area (Å²) in [5.74, 6) is 1.08. The summed E-state index contributed by atoms with van der Waals surface area (Å²) in [5, 5.41) is 23.2. The number of para-hydroxylation sites is 3. The highest BCUT2D eigenvalue weighted by Gasteiger charge is 2.32. The summed E-state index contributed by atoms with van der Waals surface area (Å²) in [6, 6.07) is 76.6. The zero-order valence-electron chi connectivity index (χ0n) is 48.9. The summed E-state index contributed by atoms with van der Waals surface area (Å²) < 4.78 is 7.31. The lowest BCUT2D eigenvalue weighted by Gasteiger charge is -2.33. The standard InChI is InChI=1S/C80H70N2O2/c1-6-53-44-50(3)35-43-71(53)82(72-30-16-26-60(78(72)83)57-24-14-25-58(46-57)68-45-51(4)32-36-52(68)5)75-48-70(56-22-12-13-23-56)63-39-41-66-74(47-69(55-20-10-11-21-55)62-40-42-67(75)77(63)76(62)66)81(59-37-33-49(2)34-38-59)73-31-17-29-65-64-28-15-27-61(79(64)84-80(65)73)54-18-8-7-9-19-54/h7-9,14-19,24-48,55-56,83H,6,10-13,20-23H2,1-5H3. The van der Waals surface area contributed by atoms with Crippen molar-refractivity contribution in [3.63, 3.8) is 0 Å². The molecule has 0 bridgehead atoms. The van der Waals surface area contributed by atoms with Gasteiger partial charge in [-0.1, -0.05) is 207 Å². The second-order valence-corrected chi connectivity index (χ2v) is 24.4. The van der Waals surface area contributed by atoms with Gasteiger partial charge >= 0.3 is 0 Å². The van der Waals surface area contributed by atoms with E-state index in [0.29, 0.717) is 11.8 Å². The van der Waals surface area contributed by atoms with Crippen LogP contribution in [0.2, 0.25) is 0 Å². The monoisotopic (exact) mass is 1090 g/mol. The van der Waals surface area contributed by atoms with Gasteiger partial charge in [0.15, 0.2) is 5.58 Å². The Morgan fingerprint density at radius 3 is 1.61 bits per heavy atom. The minimum Gasteiger partial charge on any atom is -0.505 e. The minimum atomic E-state index is 0.265. The van der Waals surface area contributed by atoms with Crippen molar-refractivity contribution in [3.05, 3.63) is 245 Å². The maximum absolute atomic E-state index is 13.3. The van der Waals surface area contributed by atoms with E-state index in [2.05, 4.69) is 251 Å². The second-order valence-electron chi connectivity index (χ2n) is 24.4.